The van der Waals surface area contributed by atoms with Crippen LogP contribution in [-0.2, 0) is 11.3 Å². The molecule has 19 heavy (non-hydrogen) atoms. The Bertz CT molecular complexity index is 546. The first-order valence-electron chi connectivity index (χ1n) is 7.08. The van der Waals surface area contributed by atoms with Crippen LogP contribution in [0.2, 0.25) is 0 Å². The van der Waals surface area contributed by atoms with E-state index in [-0.39, 0.29) is 0 Å². The lowest BCUT2D eigenvalue weighted by atomic mass is 10.1. The van der Waals surface area contributed by atoms with Gasteiger partial charge in [-0.3, -0.25) is 0 Å². The number of para-hydroxylation sites is 2. The molecule has 2 aromatic rings. The third-order valence-electron chi connectivity index (χ3n) is 3.61. The Labute approximate surface area is 118 Å². The molecular weight excluding hydrogens is 256 g/mol. The highest BCUT2D eigenvalue weighted by Gasteiger charge is 2.16. The largest absolute Gasteiger partial charge is 0.377 e. The van der Waals surface area contributed by atoms with Crippen LogP contribution in [0.5, 0.6) is 0 Å². The Kier molecular flexibility index (Phi) is 4.09. The minimum atomic E-state index is 0.406. The molecule has 3 rings (SSSR count). The van der Waals surface area contributed by atoms with Crippen molar-refractivity contribution in [3.05, 3.63) is 24.3 Å². The van der Waals surface area contributed by atoms with Gasteiger partial charge in [-0.1, -0.05) is 23.9 Å². The van der Waals surface area contributed by atoms with Crippen LogP contribution < -0.4 is 0 Å². The van der Waals surface area contributed by atoms with E-state index in [4.69, 9.17) is 9.72 Å². The fourth-order valence-corrected chi connectivity index (χ4v) is 3.72. The van der Waals surface area contributed by atoms with E-state index in [9.17, 15) is 0 Å². The topological polar surface area (TPSA) is 27.1 Å². The minimum absolute atomic E-state index is 0.406. The fourth-order valence-electron chi connectivity index (χ4n) is 2.58. The van der Waals surface area contributed by atoms with Crippen LogP contribution in [0.3, 0.4) is 0 Å². The van der Waals surface area contributed by atoms with Crippen molar-refractivity contribution in [3.8, 4) is 0 Å². The number of thioether (sulfide) groups is 1. The second kappa shape index (κ2) is 5.97. The number of fused-ring (bicyclic) bond motifs is 1. The fraction of sp³-hybridized carbons (Fsp3) is 0.533. The van der Waals surface area contributed by atoms with E-state index in [1.807, 2.05) is 17.8 Å². The summed E-state index contributed by atoms with van der Waals surface area (Å²) in [7, 11) is 0. The van der Waals surface area contributed by atoms with Crippen molar-refractivity contribution in [2.45, 2.75) is 44.0 Å². The SMILES string of the molecule is CCn1c(SC[C@@H]2CCCCO2)nc2ccccc21. The van der Waals surface area contributed by atoms with Gasteiger partial charge in [-0.25, -0.2) is 4.98 Å². The zero-order valence-electron chi connectivity index (χ0n) is 11.3. The first-order valence-corrected chi connectivity index (χ1v) is 8.06. The van der Waals surface area contributed by atoms with Gasteiger partial charge in [0.1, 0.15) is 0 Å². The Morgan fingerprint density at radius 1 is 1.37 bits per heavy atom. The Morgan fingerprint density at radius 2 is 2.26 bits per heavy atom. The second-order valence-corrected chi connectivity index (χ2v) is 5.91. The van der Waals surface area contributed by atoms with Crippen molar-refractivity contribution >= 4 is 22.8 Å². The molecule has 3 nitrogen and oxygen atoms in total. The molecule has 1 aliphatic heterocycles. The summed E-state index contributed by atoms with van der Waals surface area (Å²) in [6, 6.07) is 8.36. The second-order valence-electron chi connectivity index (χ2n) is 4.93. The van der Waals surface area contributed by atoms with Gasteiger partial charge in [0.15, 0.2) is 5.16 Å². The number of aryl methyl sites for hydroxylation is 1. The highest BCUT2D eigenvalue weighted by atomic mass is 32.2. The zero-order valence-corrected chi connectivity index (χ0v) is 12.2. The molecule has 0 radical (unpaired) electrons. The van der Waals surface area contributed by atoms with Gasteiger partial charge in [0.2, 0.25) is 0 Å². The van der Waals surface area contributed by atoms with Crippen LogP contribution in [0.15, 0.2) is 29.4 Å². The van der Waals surface area contributed by atoms with Gasteiger partial charge in [0, 0.05) is 18.9 Å². The molecule has 4 heteroatoms. The molecule has 2 heterocycles. The van der Waals surface area contributed by atoms with E-state index >= 15 is 0 Å². The zero-order chi connectivity index (χ0) is 13.1. The molecule has 1 aliphatic rings. The number of imidazole rings is 1. The summed E-state index contributed by atoms with van der Waals surface area (Å²) >= 11 is 1.83. The molecule has 0 saturated carbocycles. The average molecular weight is 276 g/mol. The highest BCUT2D eigenvalue weighted by Crippen LogP contribution is 2.26. The predicted octanol–water partition coefficient (Wildman–Crippen LogP) is 3.72. The summed E-state index contributed by atoms with van der Waals surface area (Å²) in [4.78, 5) is 4.74. The lowest BCUT2D eigenvalue weighted by Crippen LogP contribution is -2.21. The third-order valence-corrected chi connectivity index (χ3v) is 4.72. The van der Waals surface area contributed by atoms with E-state index in [0.29, 0.717) is 6.10 Å². The summed E-state index contributed by atoms with van der Waals surface area (Å²) in [6.07, 6.45) is 4.12. The van der Waals surface area contributed by atoms with Crippen LogP contribution in [0.4, 0.5) is 0 Å². The molecule has 0 bridgehead atoms. The summed E-state index contributed by atoms with van der Waals surface area (Å²) in [6.45, 7) is 4.07. The number of ether oxygens (including phenoxy) is 1. The van der Waals surface area contributed by atoms with Crippen molar-refractivity contribution in [2.75, 3.05) is 12.4 Å². The van der Waals surface area contributed by atoms with Crippen LogP contribution in [-0.4, -0.2) is 28.0 Å². The minimum Gasteiger partial charge on any atom is -0.377 e. The van der Waals surface area contributed by atoms with E-state index < -0.39 is 0 Å². The van der Waals surface area contributed by atoms with Gasteiger partial charge in [-0.05, 0) is 38.3 Å². The highest BCUT2D eigenvalue weighted by molar-refractivity contribution is 7.99. The average Bonchev–Trinajstić information content (AvgIpc) is 2.83. The van der Waals surface area contributed by atoms with Crippen LogP contribution >= 0.6 is 11.8 Å². The summed E-state index contributed by atoms with van der Waals surface area (Å²) in [5.74, 6) is 1.02. The van der Waals surface area contributed by atoms with Gasteiger partial charge in [-0.2, -0.15) is 0 Å². The van der Waals surface area contributed by atoms with Crippen molar-refractivity contribution in [1.82, 2.24) is 9.55 Å². The maximum atomic E-state index is 5.79. The monoisotopic (exact) mass is 276 g/mol. The molecule has 0 N–H and O–H groups in total. The molecule has 1 atom stereocenters. The van der Waals surface area contributed by atoms with Gasteiger partial charge in [0.05, 0.1) is 17.1 Å². The van der Waals surface area contributed by atoms with E-state index in [1.54, 1.807) is 0 Å². The quantitative estimate of drug-likeness (QED) is 0.796. The molecule has 0 spiro atoms. The van der Waals surface area contributed by atoms with E-state index in [0.717, 1.165) is 29.6 Å². The lowest BCUT2D eigenvalue weighted by molar-refractivity contribution is 0.0315. The molecule has 1 saturated heterocycles. The molecule has 0 amide bonds. The van der Waals surface area contributed by atoms with Crippen molar-refractivity contribution < 1.29 is 4.74 Å². The Balaban J connectivity index is 1.76. The van der Waals surface area contributed by atoms with Gasteiger partial charge >= 0.3 is 0 Å². The van der Waals surface area contributed by atoms with Crippen LogP contribution in [0.1, 0.15) is 26.2 Å². The smallest absolute Gasteiger partial charge is 0.169 e. The first kappa shape index (κ1) is 13.0. The predicted molar refractivity (Wildman–Crippen MR) is 79.7 cm³/mol. The molecule has 102 valence electrons. The summed E-state index contributed by atoms with van der Waals surface area (Å²) < 4.78 is 8.08. The van der Waals surface area contributed by atoms with E-state index in [1.165, 1.54) is 24.8 Å². The van der Waals surface area contributed by atoms with Gasteiger partial charge < -0.3 is 9.30 Å². The standard InChI is InChI=1S/C15H20N2OS/c1-2-17-14-9-4-3-8-13(14)16-15(17)19-11-12-7-5-6-10-18-12/h3-4,8-9,12H,2,5-7,10-11H2,1H3/t12-/m0/s1. The number of aromatic nitrogens is 2. The van der Waals surface area contributed by atoms with Crippen LogP contribution in [0.25, 0.3) is 11.0 Å². The van der Waals surface area contributed by atoms with Gasteiger partial charge in [-0.15, -0.1) is 0 Å². The van der Waals surface area contributed by atoms with Crippen molar-refractivity contribution in [2.24, 2.45) is 0 Å². The molecule has 0 aliphatic carbocycles. The summed E-state index contributed by atoms with van der Waals surface area (Å²) in [5.41, 5.74) is 2.33. The Hall–Kier alpha value is -1.00. The lowest BCUT2D eigenvalue weighted by Gasteiger charge is -2.21. The molecular formula is C15H20N2OS. The van der Waals surface area contributed by atoms with E-state index in [2.05, 4.69) is 29.7 Å². The van der Waals surface area contributed by atoms with Crippen molar-refractivity contribution in [1.29, 1.82) is 0 Å². The normalized spacial score (nSPS) is 19.9. The molecule has 1 aromatic carbocycles. The molecule has 0 unspecified atom stereocenters. The molecule has 1 aromatic heterocycles. The Morgan fingerprint density at radius 3 is 3.05 bits per heavy atom. The van der Waals surface area contributed by atoms with Gasteiger partial charge in [0.25, 0.3) is 0 Å². The maximum Gasteiger partial charge on any atom is 0.169 e. The first-order chi connectivity index (χ1) is 9.38. The third kappa shape index (κ3) is 2.79. The number of nitrogens with zero attached hydrogens (tertiary/aromatic N) is 2. The number of benzene rings is 1. The summed E-state index contributed by atoms with van der Waals surface area (Å²) in [5, 5.41) is 1.12. The van der Waals surface area contributed by atoms with Crippen molar-refractivity contribution in [3.63, 3.8) is 0 Å². The number of hydrogen-bond acceptors (Lipinski definition) is 3. The van der Waals surface area contributed by atoms with Crippen LogP contribution in [0, 0.1) is 0 Å². The molecule has 1 fully saturated rings. The maximum absolute atomic E-state index is 5.79. The number of rotatable bonds is 4. The number of hydrogen-bond donors (Lipinski definition) is 0.